The minimum atomic E-state index is -3.80. The second-order valence-corrected chi connectivity index (χ2v) is 9.89. The van der Waals surface area contributed by atoms with Crippen molar-refractivity contribution in [3.05, 3.63) is 68.6 Å². The summed E-state index contributed by atoms with van der Waals surface area (Å²) in [7, 11) is -1.16. The summed E-state index contributed by atoms with van der Waals surface area (Å²) in [5.41, 5.74) is 1.04. The molecule has 11 heteroatoms. The molecule has 7 nitrogen and oxygen atoms in total. The maximum Gasteiger partial charge on any atom is 0.257 e. The molecule has 0 radical (unpaired) electrons. The molecule has 1 amide bonds. The van der Waals surface area contributed by atoms with Crippen molar-refractivity contribution in [3.63, 3.8) is 0 Å². The largest absolute Gasteiger partial charge is 0.495 e. The normalized spacial score (nSPS) is 11.3. The minimum Gasteiger partial charge on any atom is -0.495 e. The predicted octanol–water partition coefficient (Wildman–Crippen LogP) is 4.21. The van der Waals surface area contributed by atoms with E-state index in [0.717, 1.165) is 10.4 Å². The lowest BCUT2D eigenvalue weighted by atomic mass is 10.1. The highest BCUT2D eigenvalue weighted by atomic mass is 35.5. The topological polar surface area (TPSA) is 97.4 Å². The average molecular weight is 486 g/mol. The monoisotopic (exact) mass is 485 g/mol. The van der Waals surface area contributed by atoms with Crippen molar-refractivity contribution in [3.8, 4) is 5.75 Å². The van der Waals surface area contributed by atoms with Gasteiger partial charge in [-0.15, -0.1) is 11.3 Å². The summed E-state index contributed by atoms with van der Waals surface area (Å²) in [4.78, 5) is 17.6. The van der Waals surface area contributed by atoms with Gasteiger partial charge in [0, 0.05) is 33.1 Å². The maximum atomic E-state index is 12.6. The van der Waals surface area contributed by atoms with Crippen molar-refractivity contribution < 1.29 is 17.9 Å². The van der Waals surface area contributed by atoms with Crippen LogP contribution in [0.3, 0.4) is 0 Å². The van der Waals surface area contributed by atoms with Gasteiger partial charge in [-0.1, -0.05) is 29.3 Å². The highest BCUT2D eigenvalue weighted by Gasteiger charge is 2.20. The van der Waals surface area contributed by atoms with Gasteiger partial charge >= 0.3 is 0 Å². The molecule has 0 bridgehead atoms. The van der Waals surface area contributed by atoms with Crippen LogP contribution in [0, 0.1) is 0 Å². The highest BCUT2D eigenvalue weighted by Crippen LogP contribution is 2.28. The van der Waals surface area contributed by atoms with Gasteiger partial charge in [0.15, 0.2) is 5.13 Å². The predicted molar refractivity (Wildman–Crippen MR) is 119 cm³/mol. The molecule has 0 aliphatic carbocycles. The molecule has 30 heavy (non-hydrogen) atoms. The summed E-state index contributed by atoms with van der Waals surface area (Å²) in [6, 6.07) is 9.42. The minimum absolute atomic E-state index is 0.127. The van der Waals surface area contributed by atoms with E-state index in [1.165, 1.54) is 43.7 Å². The van der Waals surface area contributed by atoms with Gasteiger partial charge in [0.1, 0.15) is 10.6 Å². The van der Waals surface area contributed by atoms with Crippen molar-refractivity contribution in [1.29, 1.82) is 0 Å². The Morgan fingerprint density at radius 1 is 1.20 bits per heavy atom. The van der Waals surface area contributed by atoms with Crippen LogP contribution < -0.4 is 14.8 Å². The van der Waals surface area contributed by atoms with E-state index >= 15 is 0 Å². The third-order valence-electron chi connectivity index (χ3n) is 4.14. The van der Waals surface area contributed by atoms with Crippen LogP contribution in [0.2, 0.25) is 10.0 Å². The fourth-order valence-electron chi connectivity index (χ4n) is 2.61. The average Bonchev–Trinajstić information content (AvgIpc) is 3.16. The first kappa shape index (κ1) is 22.5. The Balaban J connectivity index is 1.78. The number of thiazole rings is 1. The molecular formula is C19H17Cl2N3O4S2. The third kappa shape index (κ3) is 5.11. The third-order valence-corrected chi connectivity index (χ3v) is 7.07. The molecule has 0 aliphatic rings. The van der Waals surface area contributed by atoms with Crippen molar-refractivity contribution >= 4 is 55.6 Å². The Labute approximate surface area is 188 Å². The van der Waals surface area contributed by atoms with Crippen LogP contribution in [-0.2, 0) is 16.4 Å². The second kappa shape index (κ2) is 9.32. The second-order valence-electron chi connectivity index (χ2n) is 6.07. The Hall–Kier alpha value is -2.17. The van der Waals surface area contributed by atoms with E-state index in [1.54, 1.807) is 18.3 Å². The molecule has 2 N–H and O–H groups in total. The summed E-state index contributed by atoms with van der Waals surface area (Å²) in [5.74, 6) is -0.354. The lowest BCUT2D eigenvalue weighted by molar-refractivity contribution is 0.102. The quantitative estimate of drug-likeness (QED) is 0.522. The van der Waals surface area contributed by atoms with Gasteiger partial charge in [0.05, 0.1) is 7.11 Å². The number of hydrogen-bond acceptors (Lipinski definition) is 6. The number of rotatable bonds is 7. The zero-order valence-electron chi connectivity index (χ0n) is 15.9. The number of methoxy groups -OCH3 is 1. The van der Waals surface area contributed by atoms with Crippen molar-refractivity contribution in [2.24, 2.45) is 0 Å². The van der Waals surface area contributed by atoms with Crippen molar-refractivity contribution in [2.45, 2.75) is 11.3 Å². The number of anilines is 1. The van der Waals surface area contributed by atoms with Gasteiger partial charge in [-0.05, 0) is 42.9 Å². The molecule has 0 atom stereocenters. The number of benzene rings is 2. The lowest BCUT2D eigenvalue weighted by Crippen LogP contribution is -2.20. The first-order chi connectivity index (χ1) is 14.2. The Morgan fingerprint density at radius 2 is 1.97 bits per heavy atom. The molecule has 0 spiro atoms. The number of hydrogen-bond donors (Lipinski definition) is 2. The molecule has 158 valence electrons. The van der Waals surface area contributed by atoms with Crippen molar-refractivity contribution in [2.75, 3.05) is 19.5 Å². The number of nitrogens with one attached hydrogen (secondary N) is 2. The van der Waals surface area contributed by atoms with Crippen molar-refractivity contribution in [1.82, 2.24) is 9.71 Å². The van der Waals surface area contributed by atoms with E-state index in [0.29, 0.717) is 21.6 Å². The van der Waals surface area contributed by atoms with E-state index in [9.17, 15) is 13.2 Å². The highest BCUT2D eigenvalue weighted by molar-refractivity contribution is 7.89. The van der Waals surface area contributed by atoms with Crippen LogP contribution >= 0.6 is 34.5 Å². The van der Waals surface area contributed by atoms with Crippen LogP contribution in [0.4, 0.5) is 5.13 Å². The number of amides is 1. The molecule has 3 rings (SSSR count). The maximum absolute atomic E-state index is 12.6. The molecule has 0 unspecified atom stereocenters. The van der Waals surface area contributed by atoms with E-state index in [4.69, 9.17) is 27.9 Å². The number of ether oxygens (including phenoxy) is 1. The summed E-state index contributed by atoms with van der Waals surface area (Å²) >= 11 is 13.4. The smallest absolute Gasteiger partial charge is 0.257 e. The number of carbonyl (C=O) groups is 1. The molecule has 0 aliphatic heterocycles. The van der Waals surface area contributed by atoms with E-state index in [-0.39, 0.29) is 16.2 Å². The van der Waals surface area contributed by atoms with Gasteiger partial charge in [-0.2, -0.15) is 0 Å². The molecule has 1 heterocycles. The fraction of sp³-hybridized carbons (Fsp3) is 0.158. The molecule has 3 aromatic rings. The molecular weight excluding hydrogens is 469 g/mol. The molecule has 0 fully saturated rings. The number of halogens is 2. The number of aromatic nitrogens is 1. The SMILES string of the molecule is CNS(=O)(=O)c1cc(C(=O)Nc2ncc(Cc3ccc(Cl)cc3Cl)s2)ccc1OC. The summed E-state index contributed by atoms with van der Waals surface area (Å²) in [6.45, 7) is 0. The first-order valence-electron chi connectivity index (χ1n) is 8.55. The van der Waals surface area contributed by atoms with Crippen LogP contribution in [0.5, 0.6) is 5.75 Å². The van der Waals surface area contributed by atoms with Crippen LogP contribution in [0.15, 0.2) is 47.5 Å². The van der Waals surface area contributed by atoms with Crippen LogP contribution in [-0.4, -0.2) is 33.5 Å². The zero-order chi connectivity index (χ0) is 21.9. The summed E-state index contributed by atoms with van der Waals surface area (Å²) < 4.78 is 31.7. The van der Waals surface area contributed by atoms with Gasteiger partial charge in [0.2, 0.25) is 10.0 Å². The Morgan fingerprint density at radius 3 is 2.63 bits per heavy atom. The van der Waals surface area contributed by atoms with Gasteiger partial charge in [0.25, 0.3) is 5.91 Å². The summed E-state index contributed by atoms with van der Waals surface area (Å²) in [5, 5.41) is 4.17. The molecule has 0 saturated carbocycles. The van der Waals surface area contributed by atoms with E-state index < -0.39 is 15.9 Å². The summed E-state index contributed by atoms with van der Waals surface area (Å²) in [6.07, 6.45) is 2.19. The zero-order valence-corrected chi connectivity index (χ0v) is 19.0. The van der Waals surface area contributed by atoms with Gasteiger partial charge < -0.3 is 4.74 Å². The van der Waals surface area contributed by atoms with E-state index in [1.807, 2.05) is 6.07 Å². The van der Waals surface area contributed by atoms with Crippen LogP contribution in [0.1, 0.15) is 20.8 Å². The molecule has 1 aromatic heterocycles. The fourth-order valence-corrected chi connectivity index (χ4v) is 4.83. The molecule has 2 aromatic carbocycles. The standard InChI is InChI=1S/C19H17Cl2N3O4S2/c1-22-30(26,27)17-8-12(4-6-16(17)28-2)18(25)24-19-23-10-14(29-19)7-11-3-5-13(20)9-15(11)21/h3-6,8-10,22H,7H2,1-2H3,(H,23,24,25). The Kier molecular flexibility index (Phi) is 6.99. The van der Waals surface area contributed by atoms with Crippen LogP contribution in [0.25, 0.3) is 0 Å². The van der Waals surface area contributed by atoms with Gasteiger partial charge in [-0.25, -0.2) is 18.1 Å². The lowest BCUT2D eigenvalue weighted by Gasteiger charge is -2.10. The first-order valence-corrected chi connectivity index (χ1v) is 11.6. The van der Waals surface area contributed by atoms with Gasteiger partial charge in [-0.3, -0.25) is 10.1 Å². The Bertz CT molecular complexity index is 1200. The molecule has 0 saturated heterocycles. The number of nitrogens with zero attached hydrogens (tertiary/aromatic N) is 1. The number of sulfonamides is 1. The number of carbonyl (C=O) groups excluding carboxylic acids is 1. The van der Waals surface area contributed by atoms with E-state index in [2.05, 4.69) is 15.0 Å².